The van der Waals surface area contributed by atoms with Crippen LogP contribution in [-0.4, -0.2) is 53.6 Å². The predicted octanol–water partition coefficient (Wildman–Crippen LogP) is 2.20. The van der Waals surface area contributed by atoms with Crippen molar-refractivity contribution in [1.82, 2.24) is 4.90 Å². The van der Waals surface area contributed by atoms with Gasteiger partial charge in [-0.25, -0.2) is 0 Å². The molecule has 2 rings (SSSR count). The van der Waals surface area contributed by atoms with Crippen LogP contribution >= 0.6 is 0 Å². The van der Waals surface area contributed by atoms with Gasteiger partial charge in [-0.1, -0.05) is 18.6 Å². The summed E-state index contributed by atoms with van der Waals surface area (Å²) in [5, 5.41) is 19.7. The van der Waals surface area contributed by atoms with Gasteiger partial charge in [-0.2, -0.15) is 0 Å². The highest BCUT2D eigenvalue weighted by atomic mass is 16.5. The first-order valence-electron chi connectivity index (χ1n) is 8.25. The Bertz CT molecular complexity index is 489. The second kappa shape index (κ2) is 7.95. The Kier molecular flexibility index (Phi) is 6.24. The summed E-state index contributed by atoms with van der Waals surface area (Å²) in [6.45, 7) is 8.12. The lowest BCUT2D eigenvalue weighted by Crippen LogP contribution is -2.46. The van der Waals surface area contributed by atoms with E-state index < -0.39 is 6.10 Å². The molecular weight excluding hydrogens is 278 g/mol. The van der Waals surface area contributed by atoms with Crippen molar-refractivity contribution in [3.63, 3.8) is 0 Å². The SMILES string of the molecule is Cc1ccc(C)c(OC[C@H](O)CN2CCCC[C@H]2CO)c1C. The van der Waals surface area contributed by atoms with Gasteiger partial charge in [-0.3, -0.25) is 4.90 Å². The van der Waals surface area contributed by atoms with E-state index in [4.69, 9.17) is 4.74 Å². The summed E-state index contributed by atoms with van der Waals surface area (Å²) in [4.78, 5) is 2.19. The lowest BCUT2D eigenvalue weighted by atomic mass is 10.0. The Labute approximate surface area is 133 Å². The molecule has 1 aromatic carbocycles. The number of piperidine rings is 1. The van der Waals surface area contributed by atoms with E-state index in [1.165, 1.54) is 5.56 Å². The topological polar surface area (TPSA) is 52.9 Å². The zero-order valence-electron chi connectivity index (χ0n) is 14.0. The number of aliphatic hydroxyl groups excluding tert-OH is 2. The molecule has 0 bridgehead atoms. The molecule has 1 aliphatic rings. The molecule has 0 aliphatic carbocycles. The third-order valence-corrected chi connectivity index (χ3v) is 4.70. The number of hydrogen-bond acceptors (Lipinski definition) is 4. The molecule has 0 spiro atoms. The van der Waals surface area contributed by atoms with Gasteiger partial charge in [0.15, 0.2) is 0 Å². The fourth-order valence-corrected chi connectivity index (χ4v) is 3.16. The van der Waals surface area contributed by atoms with Gasteiger partial charge in [0.1, 0.15) is 18.5 Å². The van der Waals surface area contributed by atoms with Gasteiger partial charge < -0.3 is 14.9 Å². The lowest BCUT2D eigenvalue weighted by molar-refractivity contribution is 0.0230. The van der Waals surface area contributed by atoms with Crippen LogP contribution in [0.1, 0.15) is 36.0 Å². The Morgan fingerprint density at radius 2 is 1.95 bits per heavy atom. The number of rotatable bonds is 6. The molecule has 1 heterocycles. The van der Waals surface area contributed by atoms with Crippen molar-refractivity contribution in [3.8, 4) is 5.75 Å². The molecule has 0 aromatic heterocycles. The molecule has 2 atom stereocenters. The Morgan fingerprint density at radius 3 is 2.68 bits per heavy atom. The first-order chi connectivity index (χ1) is 10.5. The van der Waals surface area contributed by atoms with E-state index in [2.05, 4.69) is 30.9 Å². The summed E-state index contributed by atoms with van der Waals surface area (Å²) in [6.07, 6.45) is 2.78. The summed E-state index contributed by atoms with van der Waals surface area (Å²) in [6, 6.07) is 4.33. The molecule has 0 unspecified atom stereocenters. The average molecular weight is 307 g/mol. The van der Waals surface area contributed by atoms with Gasteiger partial charge in [0.2, 0.25) is 0 Å². The third kappa shape index (κ3) is 4.22. The Morgan fingerprint density at radius 1 is 1.23 bits per heavy atom. The highest BCUT2D eigenvalue weighted by molar-refractivity contribution is 5.44. The highest BCUT2D eigenvalue weighted by Gasteiger charge is 2.24. The van der Waals surface area contributed by atoms with E-state index in [1.807, 2.05) is 6.92 Å². The minimum atomic E-state index is -0.536. The van der Waals surface area contributed by atoms with Crippen molar-refractivity contribution < 1.29 is 14.9 Å². The highest BCUT2D eigenvalue weighted by Crippen LogP contribution is 2.26. The van der Waals surface area contributed by atoms with Gasteiger partial charge in [-0.05, 0) is 56.8 Å². The van der Waals surface area contributed by atoms with E-state index in [0.717, 1.165) is 42.7 Å². The van der Waals surface area contributed by atoms with Crippen LogP contribution in [0.2, 0.25) is 0 Å². The summed E-state index contributed by atoms with van der Waals surface area (Å²) >= 11 is 0. The maximum Gasteiger partial charge on any atom is 0.125 e. The molecule has 1 aliphatic heterocycles. The van der Waals surface area contributed by atoms with E-state index in [9.17, 15) is 10.2 Å². The number of ether oxygens (including phenoxy) is 1. The van der Waals surface area contributed by atoms with Crippen molar-refractivity contribution in [1.29, 1.82) is 0 Å². The zero-order valence-corrected chi connectivity index (χ0v) is 14.0. The van der Waals surface area contributed by atoms with Crippen molar-refractivity contribution >= 4 is 0 Å². The fourth-order valence-electron chi connectivity index (χ4n) is 3.16. The van der Waals surface area contributed by atoms with E-state index in [1.54, 1.807) is 0 Å². The van der Waals surface area contributed by atoms with Crippen molar-refractivity contribution in [2.45, 2.75) is 52.2 Å². The third-order valence-electron chi connectivity index (χ3n) is 4.70. The predicted molar refractivity (Wildman–Crippen MR) is 88.5 cm³/mol. The number of likely N-dealkylation sites (tertiary alicyclic amines) is 1. The molecule has 2 N–H and O–H groups in total. The summed E-state index contributed by atoms with van der Waals surface area (Å²) < 4.78 is 5.88. The number of benzene rings is 1. The van der Waals surface area contributed by atoms with E-state index >= 15 is 0 Å². The largest absolute Gasteiger partial charge is 0.490 e. The first kappa shape index (κ1) is 17.3. The molecule has 4 heteroatoms. The van der Waals surface area contributed by atoms with Crippen LogP contribution in [0.25, 0.3) is 0 Å². The van der Waals surface area contributed by atoms with E-state index in [0.29, 0.717) is 13.2 Å². The monoisotopic (exact) mass is 307 g/mol. The number of aryl methyl sites for hydroxylation is 2. The minimum Gasteiger partial charge on any atom is -0.490 e. The number of β-amino-alcohol motifs (C(OH)–C–C–N with tert-alkyl or cyclic N) is 1. The fraction of sp³-hybridized carbons (Fsp3) is 0.667. The average Bonchev–Trinajstić information content (AvgIpc) is 2.51. The molecule has 0 radical (unpaired) electrons. The smallest absolute Gasteiger partial charge is 0.125 e. The Balaban J connectivity index is 1.90. The molecule has 0 amide bonds. The lowest BCUT2D eigenvalue weighted by Gasteiger charge is -2.35. The minimum absolute atomic E-state index is 0.170. The number of nitrogens with zero attached hydrogens (tertiary/aromatic N) is 1. The Hall–Kier alpha value is -1.10. The van der Waals surface area contributed by atoms with Crippen LogP contribution in [0.15, 0.2) is 12.1 Å². The van der Waals surface area contributed by atoms with Gasteiger partial charge in [0.05, 0.1) is 6.61 Å². The van der Waals surface area contributed by atoms with E-state index in [-0.39, 0.29) is 12.6 Å². The van der Waals surface area contributed by atoms with Crippen molar-refractivity contribution in [2.24, 2.45) is 0 Å². The second-order valence-corrected chi connectivity index (χ2v) is 6.45. The molecule has 124 valence electrons. The number of hydrogen-bond donors (Lipinski definition) is 2. The molecule has 1 aromatic rings. The summed E-state index contributed by atoms with van der Waals surface area (Å²) in [5.74, 6) is 0.886. The normalized spacial score (nSPS) is 20.9. The van der Waals surface area contributed by atoms with Gasteiger partial charge in [0.25, 0.3) is 0 Å². The molecule has 4 nitrogen and oxygen atoms in total. The molecule has 1 fully saturated rings. The van der Waals surface area contributed by atoms with Gasteiger partial charge >= 0.3 is 0 Å². The molecular formula is C18H29NO3. The van der Waals surface area contributed by atoms with Crippen LogP contribution in [0.4, 0.5) is 0 Å². The van der Waals surface area contributed by atoms with Gasteiger partial charge in [-0.15, -0.1) is 0 Å². The first-order valence-corrected chi connectivity index (χ1v) is 8.25. The summed E-state index contributed by atoms with van der Waals surface area (Å²) in [7, 11) is 0. The van der Waals surface area contributed by atoms with Crippen LogP contribution in [0.3, 0.4) is 0 Å². The standard InChI is InChI=1S/C18H29NO3/c1-13-7-8-14(2)18(15(13)3)22-12-17(21)10-19-9-5-4-6-16(19)11-20/h7-8,16-17,20-21H,4-6,9-12H2,1-3H3/t16-,17+/m0/s1. The molecule has 1 saturated heterocycles. The summed E-state index contributed by atoms with van der Waals surface area (Å²) in [5.41, 5.74) is 3.44. The quantitative estimate of drug-likeness (QED) is 0.846. The van der Waals surface area contributed by atoms with Crippen LogP contribution in [0, 0.1) is 20.8 Å². The zero-order chi connectivity index (χ0) is 16.1. The van der Waals surface area contributed by atoms with Crippen LogP contribution in [-0.2, 0) is 0 Å². The van der Waals surface area contributed by atoms with Crippen LogP contribution in [0.5, 0.6) is 5.75 Å². The van der Waals surface area contributed by atoms with Gasteiger partial charge in [0, 0.05) is 12.6 Å². The van der Waals surface area contributed by atoms with Crippen molar-refractivity contribution in [3.05, 3.63) is 28.8 Å². The molecule has 22 heavy (non-hydrogen) atoms. The number of aliphatic hydroxyl groups is 2. The maximum absolute atomic E-state index is 10.3. The van der Waals surface area contributed by atoms with Crippen LogP contribution < -0.4 is 4.74 Å². The van der Waals surface area contributed by atoms with Crippen molar-refractivity contribution in [2.75, 3.05) is 26.3 Å². The maximum atomic E-state index is 10.3. The second-order valence-electron chi connectivity index (χ2n) is 6.45. The molecule has 0 saturated carbocycles.